The molecule has 0 saturated carbocycles. The molecule has 8 nitrogen and oxygen atoms in total. The van der Waals surface area contributed by atoms with E-state index in [2.05, 4.69) is 20.4 Å². The van der Waals surface area contributed by atoms with Crippen LogP contribution in [0.15, 0.2) is 65.6 Å². The summed E-state index contributed by atoms with van der Waals surface area (Å²) < 4.78 is 26.8. The molecule has 0 atom stereocenters. The maximum absolute atomic E-state index is 12.7. The van der Waals surface area contributed by atoms with Crippen LogP contribution in [-0.4, -0.2) is 55.0 Å². The molecule has 2 aliphatic heterocycles. The Labute approximate surface area is 206 Å². The Bertz CT molecular complexity index is 1260. The predicted molar refractivity (Wildman–Crippen MR) is 136 cm³/mol. The molecule has 0 aliphatic carbocycles. The molecule has 2 aliphatic rings. The number of carbonyl (C=O) groups excluding carboxylic acids is 1. The van der Waals surface area contributed by atoms with Crippen LogP contribution in [0.5, 0.6) is 0 Å². The molecule has 1 aromatic heterocycles. The maximum Gasteiger partial charge on any atom is 0.255 e. The van der Waals surface area contributed by atoms with Crippen molar-refractivity contribution in [2.45, 2.75) is 37.0 Å². The highest BCUT2D eigenvalue weighted by Gasteiger charge is 2.27. The lowest BCUT2D eigenvalue weighted by atomic mass is 10.1. The molecule has 1 N–H and O–H groups in total. The monoisotopic (exact) mass is 491 g/mol. The lowest BCUT2D eigenvalue weighted by Gasteiger charge is -2.27. The minimum Gasteiger partial charge on any atom is -0.355 e. The van der Waals surface area contributed by atoms with Gasteiger partial charge in [0.25, 0.3) is 5.91 Å². The fourth-order valence-electron chi connectivity index (χ4n) is 4.55. The first-order chi connectivity index (χ1) is 17.0. The summed E-state index contributed by atoms with van der Waals surface area (Å²) in [5, 5.41) is 11.6. The van der Waals surface area contributed by atoms with Crippen LogP contribution in [0.4, 0.5) is 11.5 Å². The molecular formula is C26H29N5O3S. The third-order valence-electron chi connectivity index (χ3n) is 6.59. The van der Waals surface area contributed by atoms with Crippen LogP contribution in [0.25, 0.3) is 11.3 Å². The zero-order valence-electron chi connectivity index (χ0n) is 19.6. The predicted octanol–water partition coefficient (Wildman–Crippen LogP) is 4.17. The van der Waals surface area contributed by atoms with Gasteiger partial charge >= 0.3 is 0 Å². The molecule has 9 heteroatoms. The number of carbonyl (C=O) groups is 1. The van der Waals surface area contributed by atoms with Crippen LogP contribution in [0, 0.1) is 0 Å². The van der Waals surface area contributed by atoms with Crippen molar-refractivity contribution in [2.75, 3.05) is 36.4 Å². The van der Waals surface area contributed by atoms with Crippen molar-refractivity contribution in [1.29, 1.82) is 0 Å². The van der Waals surface area contributed by atoms with Gasteiger partial charge in [0.15, 0.2) is 5.82 Å². The van der Waals surface area contributed by atoms with Gasteiger partial charge in [0, 0.05) is 43.0 Å². The second-order valence-corrected chi connectivity index (χ2v) is 10.9. The van der Waals surface area contributed by atoms with E-state index < -0.39 is 10.0 Å². The van der Waals surface area contributed by atoms with Crippen LogP contribution >= 0.6 is 0 Å². The van der Waals surface area contributed by atoms with Crippen LogP contribution < -0.4 is 10.2 Å². The molecule has 5 rings (SSSR count). The Kier molecular flexibility index (Phi) is 6.79. The second kappa shape index (κ2) is 10.1. The number of sulfonamides is 1. The van der Waals surface area contributed by atoms with E-state index in [1.807, 2.05) is 36.4 Å². The highest BCUT2D eigenvalue weighted by molar-refractivity contribution is 7.89. The number of amides is 1. The Balaban J connectivity index is 1.22. The molecular weight excluding hydrogens is 462 g/mol. The molecule has 3 aromatic rings. The van der Waals surface area contributed by atoms with Gasteiger partial charge in [-0.05, 0) is 80.6 Å². The number of piperidine rings is 1. The van der Waals surface area contributed by atoms with Crippen molar-refractivity contribution < 1.29 is 13.2 Å². The normalized spacial score (nSPS) is 16.9. The topological polar surface area (TPSA) is 95.5 Å². The van der Waals surface area contributed by atoms with Crippen molar-refractivity contribution >= 4 is 27.4 Å². The first kappa shape index (κ1) is 23.4. The summed E-state index contributed by atoms with van der Waals surface area (Å²) in [6.45, 7) is 3.16. The molecule has 3 heterocycles. The van der Waals surface area contributed by atoms with Crippen molar-refractivity contribution in [3.8, 4) is 11.3 Å². The van der Waals surface area contributed by atoms with Crippen LogP contribution in [0.3, 0.4) is 0 Å². The zero-order chi connectivity index (χ0) is 24.3. The minimum atomic E-state index is -3.49. The number of anilines is 2. The molecule has 2 saturated heterocycles. The quantitative estimate of drug-likeness (QED) is 0.556. The third kappa shape index (κ3) is 5.21. The summed E-state index contributed by atoms with van der Waals surface area (Å²) in [5.74, 6) is 0.616. The molecule has 35 heavy (non-hydrogen) atoms. The van der Waals surface area contributed by atoms with Crippen LogP contribution in [-0.2, 0) is 10.0 Å². The number of nitrogens with one attached hydrogen (secondary N) is 1. The third-order valence-corrected chi connectivity index (χ3v) is 8.50. The lowest BCUT2D eigenvalue weighted by molar-refractivity contribution is 0.102. The number of hydrogen-bond acceptors (Lipinski definition) is 6. The molecule has 2 fully saturated rings. The van der Waals surface area contributed by atoms with Gasteiger partial charge in [-0.3, -0.25) is 4.79 Å². The van der Waals surface area contributed by atoms with E-state index in [1.54, 1.807) is 12.1 Å². The van der Waals surface area contributed by atoms with Crippen molar-refractivity contribution in [2.24, 2.45) is 0 Å². The van der Waals surface area contributed by atoms with Crippen LogP contribution in [0.1, 0.15) is 42.5 Å². The number of benzene rings is 2. The van der Waals surface area contributed by atoms with Crippen molar-refractivity contribution in [1.82, 2.24) is 14.5 Å². The minimum absolute atomic E-state index is 0.215. The maximum atomic E-state index is 12.7. The van der Waals surface area contributed by atoms with Gasteiger partial charge in [-0.25, -0.2) is 8.42 Å². The van der Waals surface area contributed by atoms with Gasteiger partial charge in [0.1, 0.15) is 0 Å². The number of hydrogen-bond donors (Lipinski definition) is 1. The molecule has 1 amide bonds. The van der Waals surface area contributed by atoms with Gasteiger partial charge in [-0.1, -0.05) is 12.1 Å². The van der Waals surface area contributed by atoms with E-state index in [1.165, 1.54) is 35.7 Å². The van der Waals surface area contributed by atoms with Gasteiger partial charge in [-0.2, -0.15) is 4.31 Å². The number of rotatable bonds is 6. The average Bonchev–Trinajstić information content (AvgIpc) is 3.46. The summed E-state index contributed by atoms with van der Waals surface area (Å²) in [7, 11) is -3.49. The van der Waals surface area contributed by atoms with E-state index in [0.29, 0.717) is 24.3 Å². The largest absolute Gasteiger partial charge is 0.355 e. The molecule has 0 radical (unpaired) electrons. The van der Waals surface area contributed by atoms with E-state index >= 15 is 0 Å². The van der Waals surface area contributed by atoms with Crippen LogP contribution in [0.2, 0.25) is 0 Å². The fourth-order valence-corrected chi connectivity index (χ4v) is 6.07. The summed E-state index contributed by atoms with van der Waals surface area (Å²) in [6.07, 6.45) is 5.43. The first-order valence-electron chi connectivity index (χ1n) is 12.1. The van der Waals surface area contributed by atoms with Gasteiger partial charge in [-0.15, -0.1) is 10.2 Å². The summed E-state index contributed by atoms with van der Waals surface area (Å²) in [6, 6.07) is 17.5. The van der Waals surface area contributed by atoms with E-state index in [0.717, 1.165) is 43.0 Å². The zero-order valence-corrected chi connectivity index (χ0v) is 20.4. The Morgan fingerprint density at radius 3 is 2.03 bits per heavy atom. The Hall–Kier alpha value is -3.30. The van der Waals surface area contributed by atoms with E-state index in [4.69, 9.17) is 0 Å². The summed E-state index contributed by atoms with van der Waals surface area (Å²) >= 11 is 0. The molecule has 0 spiro atoms. The molecule has 2 aromatic carbocycles. The lowest BCUT2D eigenvalue weighted by Crippen LogP contribution is -2.30. The van der Waals surface area contributed by atoms with E-state index in [-0.39, 0.29) is 10.8 Å². The molecule has 0 unspecified atom stereocenters. The Morgan fingerprint density at radius 1 is 0.743 bits per heavy atom. The summed E-state index contributed by atoms with van der Waals surface area (Å²) in [5.41, 5.74) is 2.73. The summed E-state index contributed by atoms with van der Waals surface area (Å²) in [4.78, 5) is 15.2. The Morgan fingerprint density at radius 2 is 1.40 bits per heavy atom. The van der Waals surface area contributed by atoms with Gasteiger partial charge in [0.2, 0.25) is 10.0 Å². The highest BCUT2D eigenvalue weighted by Crippen LogP contribution is 2.24. The number of aromatic nitrogens is 2. The average molecular weight is 492 g/mol. The second-order valence-electron chi connectivity index (χ2n) is 8.99. The fraction of sp³-hybridized carbons (Fsp3) is 0.346. The molecule has 182 valence electrons. The number of nitrogens with zero attached hydrogens (tertiary/aromatic N) is 4. The van der Waals surface area contributed by atoms with Crippen molar-refractivity contribution in [3.63, 3.8) is 0 Å². The van der Waals surface area contributed by atoms with Crippen molar-refractivity contribution in [3.05, 3.63) is 66.2 Å². The molecule has 0 bridgehead atoms. The highest BCUT2D eigenvalue weighted by atomic mass is 32.2. The standard InChI is InChI=1S/C26H29N5O3S/c32-26(21-8-12-23(13-9-21)35(33,34)31-18-4-5-19-31)27-22-10-6-20(7-11-22)24-14-15-25(29-28-24)30-16-2-1-3-17-30/h6-15H,1-5,16-19H2,(H,27,32). The van der Waals surface area contributed by atoms with Gasteiger partial charge < -0.3 is 10.2 Å². The van der Waals surface area contributed by atoms with E-state index in [9.17, 15) is 13.2 Å². The first-order valence-corrected chi connectivity index (χ1v) is 13.6. The SMILES string of the molecule is O=C(Nc1ccc(-c2ccc(N3CCCCC3)nn2)cc1)c1ccc(S(=O)(=O)N2CCCC2)cc1. The smallest absolute Gasteiger partial charge is 0.255 e. The van der Waals surface area contributed by atoms with Gasteiger partial charge in [0.05, 0.1) is 10.6 Å².